The zero-order valence-corrected chi connectivity index (χ0v) is 16.0. The van der Waals surface area contributed by atoms with Crippen LogP contribution in [-0.2, 0) is 0 Å². The molecule has 0 aromatic heterocycles. The molecule has 2 N–H and O–H groups in total. The Balaban J connectivity index is 0.00000361. The molecule has 1 rings (SSSR count). The highest BCUT2D eigenvalue weighted by Crippen LogP contribution is 2.06. The fourth-order valence-corrected chi connectivity index (χ4v) is 2.15. The van der Waals surface area contributed by atoms with Crippen molar-refractivity contribution < 1.29 is 0 Å². The van der Waals surface area contributed by atoms with Crippen LogP contribution in [0.2, 0.25) is 0 Å². The maximum atomic E-state index is 4.74. The lowest BCUT2D eigenvalue weighted by Crippen LogP contribution is -2.52. The Hall–Kier alpha value is -0.0800. The number of hydrogen-bond acceptors (Lipinski definition) is 3. The molecular weight excluding hydrogens is 365 g/mol. The Morgan fingerprint density at radius 1 is 1.30 bits per heavy atom. The number of nitrogens with zero attached hydrogens (tertiary/aromatic N) is 3. The van der Waals surface area contributed by atoms with Crippen molar-refractivity contribution in [3.05, 3.63) is 0 Å². The van der Waals surface area contributed by atoms with Crippen LogP contribution in [0, 0.1) is 0 Å². The van der Waals surface area contributed by atoms with Crippen molar-refractivity contribution in [1.29, 1.82) is 0 Å². The van der Waals surface area contributed by atoms with E-state index in [0.717, 1.165) is 45.1 Å². The second-order valence-corrected chi connectivity index (χ2v) is 5.57. The second kappa shape index (κ2) is 10.6. The molecule has 20 heavy (non-hydrogen) atoms. The van der Waals surface area contributed by atoms with E-state index in [0.29, 0.717) is 12.1 Å². The first-order valence-electron chi connectivity index (χ1n) is 7.50. The summed E-state index contributed by atoms with van der Waals surface area (Å²) < 4.78 is 0. The topological polar surface area (TPSA) is 42.9 Å². The van der Waals surface area contributed by atoms with E-state index in [1.807, 2.05) is 0 Å². The van der Waals surface area contributed by atoms with Crippen molar-refractivity contribution in [3.63, 3.8) is 0 Å². The van der Waals surface area contributed by atoms with Gasteiger partial charge in [-0.1, -0.05) is 6.92 Å². The van der Waals surface area contributed by atoms with Crippen molar-refractivity contribution in [2.24, 2.45) is 4.99 Å². The summed E-state index contributed by atoms with van der Waals surface area (Å²) in [7, 11) is 4.38. The molecule has 0 spiro atoms. The van der Waals surface area contributed by atoms with Crippen LogP contribution in [0.15, 0.2) is 4.99 Å². The fraction of sp³-hybridized carbons (Fsp3) is 0.929. The van der Waals surface area contributed by atoms with Gasteiger partial charge in [0.05, 0.1) is 6.54 Å². The molecule has 0 radical (unpaired) electrons. The van der Waals surface area contributed by atoms with Gasteiger partial charge in [-0.2, -0.15) is 0 Å². The fourth-order valence-electron chi connectivity index (χ4n) is 2.15. The summed E-state index contributed by atoms with van der Waals surface area (Å²) in [4.78, 5) is 9.53. The van der Waals surface area contributed by atoms with Crippen LogP contribution < -0.4 is 10.6 Å². The summed E-state index contributed by atoms with van der Waals surface area (Å²) in [6, 6.07) is 0.982. The van der Waals surface area contributed by atoms with Crippen LogP contribution in [0.4, 0.5) is 0 Å². The number of rotatable bonds is 5. The van der Waals surface area contributed by atoms with Gasteiger partial charge in [-0.05, 0) is 34.4 Å². The number of aliphatic imine (C=N–C) groups is 1. The van der Waals surface area contributed by atoms with E-state index in [4.69, 9.17) is 4.99 Å². The number of piperazine rings is 1. The minimum atomic E-state index is 0. The van der Waals surface area contributed by atoms with E-state index in [1.165, 1.54) is 0 Å². The molecule has 0 bridgehead atoms. The van der Waals surface area contributed by atoms with E-state index in [1.54, 1.807) is 0 Å². The van der Waals surface area contributed by atoms with E-state index in [9.17, 15) is 0 Å². The second-order valence-electron chi connectivity index (χ2n) is 5.57. The first-order chi connectivity index (χ1) is 9.06. The SMILES string of the molecule is CCNC(=NCC1CN(C)CCN1C)NC(C)CC.I. The van der Waals surface area contributed by atoms with E-state index in [2.05, 4.69) is 55.3 Å². The minimum absolute atomic E-state index is 0. The molecule has 1 fully saturated rings. The lowest BCUT2D eigenvalue weighted by atomic mass is 10.2. The highest BCUT2D eigenvalue weighted by atomic mass is 127. The molecule has 1 aliphatic heterocycles. The molecule has 120 valence electrons. The molecule has 6 heteroatoms. The quantitative estimate of drug-likeness (QED) is 0.416. The van der Waals surface area contributed by atoms with E-state index < -0.39 is 0 Å². The Morgan fingerprint density at radius 3 is 2.60 bits per heavy atom. The zero-order chi connectivity index (χ0) is 14.3. The smallest absolute Gasteiger partial charge is 0.191 e. The molecular formula is C14H32IN5. The van der Waals surface area contributed by atoms with Crippen molar-refractivity contribution in [3.8, 4) is 0 Å². The lowest BCUT2D eigenvalue weighted by molar-refractivity contribution is 0.119. The maximum Gasteiger partial charge on any atom is 0.191 e. The minimum Gasteiger partial charge on any atom is -0.357 e. The van der Waals surface area contributed by atoms with Gasteiger partial charge in [-0.15, -0.1) is 24.0 Å². The van der Waals surface area contributed by atoms with Crippen molar-refractivity contribution in [2.75, 3.05) is 46.8 Å². The van der Waals surface area contributed by atoms with E-state index >= 15 is 0 Å². The number of guanidine groups is 1. The van der Waals surface area contributed by atoms with Gasteiger partial charge in [-0.25, -0.2) is 0 Å². The van der Waals surface area contributed by atoms with E-state index in [-0.39, 0.29) is 24.0 Å². The van der Waals surface area contributed by atoms with Crippen molar-refractivity contribution >= 4 is 29.9 Å². The van der Waals surface area contributed by atoms with Crippen LogP contribution in [0.5, 0.6) is 0 Å². The van der Waals surface area contributed by atoms with Gasteiger partial charge in [0.25, 0.3) is 0 Å². The highest BCUT2D eigenvalue weighted by molar-refractivity contribution is 14.0. The van der Waals surface area contributed by atoms with Crippen LogP contribution >= 0.6 is 24.0 Å². The molecule has 2 unspecified atom stereocenters. The summed E-state index contributed by atoms with van der Waals surface area (Å²) in [5.41, 5.74) is 0. The van der Waals surface area contributed by atoms with Crippen molar-refractivity contribution in [2.45, 2.75) is 39.3 Å². The predicted molar refractivity (Wildman–Crippen MR) is 98.2 cm³/mol. The van der Waals surface area contributed by atoms with Gasteiger partial charge in [0.15, 0.2) is 5.96 Å². The van der Waals surface area contributed by atoms with Gasteiger partial charge in [-0.3, -0.25) is 9.89 Å². The van der Waals surface area contributed by atoms with Gasteiger partial charge in [0.2, 0.25) is 0 Å². The van der Waals surface area contributed by atoms with Crippen LogP contribution in [0.1, 0.15) is 27.2 Å². The highest BCUT2D eigenvalue weighted by Gasteiger charge is 2.21. The van der Waals surface area contributed by atoms with Crippen LogP contribution in [-0.4, -0.2) is 74.7 Å². The number of halogens is 1. The Bertz CT molecular complexity index is 285. The predicted octanol–water partition coefficient (Wildman–Crippen LogP) is 1.20. The summed E-state index contributed by atoms with van der Waals surface area (Å²) in [6.45, 7) is 11.6. The Morgan fingerprint density at radius 2 is 2.00 bits per heavy atom. The number of likely N-dealkylation sites (N-methyl/N-ethyl adjacent to an activating group) is 2. The summed E-state index contributed by atoms with van der Waals surface area (Å²) in [6.07, 6.45) is 1.11. The molecule has 0 saturated carbocycles. The molecule has 0 aromatic carbocycles. The number of hydrogen-bond donors (Lipinski definition) is 2. The number of nitrogens with one attached hydrogen (secondary N) is 2. The molecule has 0 aromatic rings. The third kappa shape index (κ3) is 7.08. The maximum absolute atomic E-state index is 4.74. The summed E-state index contributed by atoms with van der Waals surface area (Å²) >= 11 is 0. The normalized spacial score (nSPS) is 23.1. The molecule has 5 nitrogen and oxygen atoms in total. The van der Waals surface area contributed by atoms with Gasteiger partial charge >= 0.3 is 0 Å². The molecule has 1 heterocycles. The lowest BCUT2D eigenvalue weighted by Gasteiger charge is -2.37. The third-order valence-electron chi connectivity index (χ3n) is 3.78. The van der Waals surface area contributed by atoms with Gasteiger partial charge in [0.1, 0.15) is 0 Å². The standard InChI is InChI=1S/C14H31N5.HI/c1-6-12(3)17-14(15-7-2)16-10-13-11-18(4)8-9-19(13)5;/h12-13H,6-11H2,1-5H3,(H2,15,16,17);1H. The molecule has 1 saturated heterocycles. The molecule has 0 aliphatic carbocycles. The largest absolute Gasteiger partial charge is 0.357 e. The molecule has 0 amide bonds. The monoisotopic (exact) mass is 397 g/mol. The first-order valence-corrected chi connectivity index (χ1v) is 7.50. The average Bonchev–Trinajstić information content (AvgIpc) is 2.39. The Labute approximate surface area is 141 Å². The summed E-state index contributed by atoms with van der Waals surface area (Å²) in [5, 5.41) is 6.76. The zero-order valence-electron chi connectivity index (χ0n) is 13.6. The molecule has 1 aliphatic rings. The summed E-state index contributed by atoms with van der Waals surface area (Å²) in [5.74, 6) is 0.943. The van der Waals surface area contributed by atoms with Gasteiger partial charge < -0.3 is 15.5 Å². The third-order valence-corrected chi connectivity index (χ3v) is 3.78. The van der Waals surface area contributed by atoms with Gasteiger partial charge in [0, 0.05) is 38.3 Å². The average molecular weight is 397 g/mol. The molecule has 2 atom stereocenters. The van der Waals surface area contributed by atoms with Crippen molar-refractivity contribution in [1.82, 2.24) is 20.4 Å². The van der Waals surface area contributed by atoms with Crippen LogP contribution in [0.3, 0.4) is 0 Å². The Kier molecular flexibility index (Phi) is 10.6. The first kappa shape index (κ1) is 19.9. The van der Waals surface area contributed by atoms with Crippen LogP contribution in [0.25, 0.3) is 0 Å².